The van der Waals surface area contributed by atoms with Crippen molar-refractivity contribution in [2.45, 2.75) is 53.5 Å². The van der Waals surface area contributed by atoms with E-state index in [0.717, 1.165) is 12.8 Å². The molecule has 0 aliphatic rings. The predicted octanol–water partition coefficient (Wildman–Crippen LogP) is 2.34. The van der Waals surface area contributed by atoms with Crippen LogP contribution in [0.15, 0.2) is 0 Å². The zero-order valence-electron chi connectivity index (χ0n) is 10.7. The van der Waals surface area contributed by atoms with Crippen molar-refractivity contribution in [1.82, 2.24) is 0 Å². The summed E-state index contributed by atoms with van der Waals surface area (Å²) in [5.74, 6) is -0.140. The topological polar surface area (TPSA) is 52.3 Å². The molecule has 0 aromatic rings. The van der Waals surface area contributed by atoms with E-state index >= 15 is 0 Å². The van der Waals surface area contributed by atoms with Gasteiger partial charge in [-0.25, -0.2) is 0 Å². The van der Waals surface area contributed by atoms with Gasteiger partial charge in [0.1, 0.15) is 6.04 Å². The van der Waals surface area contributed by atoms with E-state index in [2.05, 4.69) is 20.8 Å². The van der Waals surface area contributed by atoms with Crippen LogP contribution in [-0.4, -0.2) is 18.6 Å². The standard InChI is InChI=1S/C12H25NO2/c1-9(2)10(13)11(14)15-8-6-7-12(3,4)5/h9-10H,6-8,13H2,1-5H3. The number of nitrogens with two attached hydrogens (primary N) is 1. The van der Waals surface area contributed by atoms with Gasteiger partial charge in [0, 0.05) is 0 Å². The summed E-state index contributed by atoms with van der Waals surface area (Å²) in [6.45, 7) is 10.8. The van der Waals surface area contributed by atoms with E-state index in [1.807, 2.05) is 13.8 Å². The molecule has 15 heavy (non-hydrogen) atoms. The van der Waals surface area contributed by atoms with Gasteiger partial charge in [-0.05, 0) is 24.2 Å². The van der Waals surface area contributed by atoms with Crippen molar-refractivity contribution >= 4 is 5.97 Å². The van der Waals surface area contributed by atoms with Gasteiger partial charge in [-0.3, -0.25) is 4.79 Å². The van der Waals surface area contributed by atoms with Gasteiger partial charge in [0.05, 0.1) is 6.61 Å². The van der Waals surface area contributed by atoms with Crippen LogP contribution in [0.4, 0.5) is 0 Å². The summed E-state index contributed by atoms with van der Waals surface area (Å²) < 4.78 is 5.10. The lowest BCUT2D eigenvalue weighted by Crippen LogP contribution is -2.37. The summed E-state index contributed by atoms with van der Waals surface area (Å²) in [5.41, 5.74) is 5.95. The van der Waals surface area contributed by atoms with Gasteiger partial charge >= 0.3 is 5.97 Å². The first-order valence-corrected chi connectivity index (χ1v) is 5.66. The number of carbonyl (C=O) groups excluding carboxylic acids is 1. The second-order valence-corrected chi connectivity index (χ2v) is 5.60. The molecule has 0 rings (SSSR count). The van der Waals surface area contributed by atoms with Gasteiger partial charge in [-0.15, -0.1) is 0 Å². The molecule has 0 bridgehead atoms. The Bertz CT molecular complexity index is 194. The van der Waals surface area contributed by atoms with Crippen molar-refractivity contribution in [2.75, 3.05) is 6.61 Å². The predicted molar refractivity (Wildman–Crippen MR) is 62.5 cm³/mol. The fourth-order valence-electron chi connectivity index (χ4n) is 1.14. The van der Waals surface area contributed by atoms with Crippen LogP contribution in [0.3, 0.4) is 0 Å². The molecule has 0 aliphatic heterocycles. The minimum Gasteiger partial charge on any atom is -0.465 e. The third-order valence-electron chi connectivity index (χ3n) is 2.31. The Hall–Kier alpha value is -0.570. The van der Waals surface area contributed by atoms with E-state index < -0.39 is 6.04 Å². The Labute approximate surface area is 93.4 Å². The van der Waals surface area contributed by atoms with Crippen LogP contribution < -0.4 is 5.73 Å². The fraction of sp³-hybridized carbons (Fsp3) is 0.917. The van der Waals surface area contributed by atoms with Crippen LogP contribution in [0, 0.1) is 11.3 Å². The fourth-order valence-corrected chi connectivity index (χ4v) is 1.14. The highest BCUT2D eigenvalue weighted by Crippen LogP contribution is 2.20. The van der Waals surface area contributed by atoms with Crippen LogP contribution in [0.5, 0.6) is 0 Å². The molecule has 0 radical (unpaired) electrons. The van der Waals surface area contributed by atoms with E-state index in [9.17, 15) is 4.79 Å². The molecular weight excluding hydrogens is 190 g/mol. The van der Waals surface area contributed by atoms with Gasteiger partial charge in [0.15, 0.2) is 0 Å². The van der Waals surface area contributed by atoms with Crippen molar-refractivity contribution in [2.24, 2.45) is 17.1 Å². The number of hydrogen-bond donors (Lipinski definition) is 1. The number of carbonyl (C=O) groups is 1. The number of esters is 1. The quantitative estimate of drug-likeness (QED) is 0.565. The van der Waals surface area contributed by atoms with Gasteiger partial charge in [-0.2, -0.15) is 0 Å². The van der Waals surface area contributed by atoms with Crippen molar-refractivity contribution in [3.05, 3.63) is 0 Å². The Morgan fingerprint density at radius 1 is 1.33 bits per heavy atom. The molecule has 2 N–H and O–H groups in total. The highest BCUT2D eigenvalue weighted by Gasteiger charge is 2.18. The average Bonchev–Trinajstić information content (AvgIpc) is 2.09. The Morgan fingerprint density at radius 3 is 2.27 bits per heavy atom. The molecule has 0 saturated heterocycles. The molecule has 90 valence electrons. The normalized spacial score (nSPS) is 14.1. The molecule has 1 atom stereocenters. The molecule has 0 amide bonds. The van der Waals surface area contributed by atoms with Crippen molar-refractivity contribution in [1.29, 1.82) is 0 Å². The molecule has 0 spiro atoms. The van der Waals surface area contributed by atoms with Gasteiger partial charge < -0.3 is 10.5 Å². The van der Waals surface area contributed by atoms with Crippen LogP contribution >= 0.6 is 0 Å². The maximum Gasteiger partial charge on any atom is 0.323 e. The summed E-state index contributed by atoms with van der Waals surface area (Å²) in [6.07, 6.45) is 1.96. The first-order chi connectivity index (χ1) is 6.74. The van der Waals surface area contributed by atoms with E-state index in [4.69, 9.17) is 10.5 Å². The first-order valence-electron chi connectivity index (χ1n) is 5.66. The molecule has 0 saturated carbocycles. The molecule has 0 heterocycles. The maximum absolute atomic E-state index is 11.4. The summed E-state index contributed by atoms with van der Waals surface area (Å²) >= 11 is 0. The monoisotopic (exact) mass is 215 g/mol. The lowest BCUT2D eigenvalue weighted by molar-refractivity contribution is -0.146. The highest BCUT2D eigenvalue weighted by molar-refractivity contribution is 5.75. The molecule has 0 aromatic carbocycles. The van der Waals surface area contributed by atoms with Crippen LogP contribution in [0.25, 0.3) is 0 Å². The first kappa shape index (κ1) is 14.4. The van der Waals surface area contributed by atoms with Crippen molar-refractivity contribution < 1.29 is 9.53 Å². The minimum absolute atomic E-state index is 0.139. The highest BCUT2D eigenvalue weighted by atomic mass is 16.5. The second kappa shape index (κ2) is 6.11. The van der Waals surface area contributed by atoms with Gasteiger partial charge in [-0.1, -0.05) is 34.6 Å². The third-order valence-corrected chi connectivity index (χ3v) is 2.31. The second-order valence-electron chi connectivity index (χ2n) is 5.60. The van der Waals surface area contributed by atoms with Crippen molar-refractivity contribution in [3.63, 3.8) is 0 Å². The lowest BCUT2D eigenvalue weighted by atomic mass is 9.91. The SMILES string of the molecule is CC(C)C(N)C(=O)OCCCC(C)(C)C. The molecular formula is C12H25NO2. The van der Waals surface area contributed by atoms with Gasteiger partial charge in [0.2, 0.25) is 0 Å². The van der Waals surface area contributed by atoms with Crippen LogP contribution in [-0.2, 0) is 9.53 Å². The smallest absolute Gasteiger partial charge is 0.323 e. The Morgan fingerprint density at radius 2 is 1.87 bits per heavy atom. The molecule has 0 fully saturated rings. The number of hydrogen-bond acceptors (Lipinski definition) is 3. The number of ether oxygens (including phenoxy) is 1. The summed E-state index contributed by atoms with van der Waals surface area (Å²) in [7, 11) is 0. The minimum atomic E-state index is -0.486. The van der Waals surface area contributed by atoms with Crippen molar-refractivity contribution in [3.8, 4) is 0 Å². The summed E-state index contributed by atoms with van der Waals surface area (Å²) in [4.78, 5) is 11.4. The van der Waals surface area contributed by atoms with Crippen LogP contribution in [0.1, 0.15) is 47.5 Å². The average molecular weight is 215 g/mol. The summed E-state index contributed by atoms with van der Waals surface area (Å²) in [5, 5.41) is 0. The summed E-state index contributed by atoms with van der Waals surface area (Å²) in [6, 6.07) is -0.486. The molecule has 0 aliphatic carbocycles. The lowest BCUT2D eigenvalue weighted by Gasteiger charge is -2.18. The third kappa shape index (κ3) is 7.37. The van der Waals surface area contributed by atoms with Gasteiger partial charge in [0.25, 0.3) is 0 Å². The molecule has 3 nitrogen and oxygen atoms in total. The largest absolute Gasteiger partial charge is 0.465 e. The van der Waals surface area contributed by atoms with E-state index in [1.165, 1.54) is 0 Å². The molecule has 0 aromatic heterocycles. The zero-order chi connectivity index (χ0) is 12.1. The van der Waals surface area contributed by atoms with Crippen LogP contribution in [0.2, 0.25) is 0 Å². The Kier molecular flexibility index (Phi) is 5.88. The van der Waals surface area contributed by atoms with E-state index in [0.29, 0.717) is 12.0 Å². The van der Waals surface area contributed by atoms with E-state index in [1.54, 1.807) is 0 Å². The zero-order valence-corrected chi connectivity index (χ0v) is 10.7. The molecule has 3 heteroatoms. The maximum atomic E-state index is 11.4. The molecule has 1 unspecified atom stereocenters. The van der Waals surface area contributed by atoms with E-state index in [-0.39, 0.29) is 11.9 Å². The number of rotatable bonds is 5. The Balaban J connectivity index is 3.65.